The lowest BCUT2D eigenvalue weighted by atomic mass is 10.1. The third-order valence-corrected chi connectivity index (χ3v) is 1.85. The van der Waals surface area contributed by atoms with Gasteiger partial charge in [0.05, 0.1) is 0 Å². The van der Waals surface area contributed by atoms with E-state index in [0.717, 1.165) is 19.4 Å². The first-order valence-electron chi connectivity index (χ1n) is 4.85. The molecule has 0 saturated heterocycles. The largest absolute Gasteiger partial charge is 0.356 e. The molecular formula is C10H23NO. The number of carbonyl (C=O) groups is 1. The Morgan fingerprint density at radius 2 is 2.00 bits per heavy atom. The molecule has 12 heavy (non-hydrogen) atoms. The van der Waals surface area contributed by atoms with Crippen molar-refractivity contribution in [2.24, 2.45) is 11.8 Å². The van der Waals surface area contributed by atoms with Crippen LogP contribution in [-0.2, 0) is 4.79 Å². The highest BCUT2D eigenvalue weighted by atomic mass is 16.1. The molecule has 1 unspecified atom stereocenters. The highest BCUT2D eigenvalue weighted by Crippen LogP contribution is 2.04. The van der Waals surface area contributed by atoms with Crippen LogP contribution in [0.4, 0.5) is 0 Å². The van der Waals surface area contributed by atoms with Gasteiger partial charge in [-0.2, -0.15) is 0 Å². The average molecular weight is 173 g/mol. The van der Waals surface area contributed by atoms with E-state index >= 15 is 0 Å². The van der Waals surface area contributed by atoms with Gasteiger partial charge in [0.2, 0.25) is 5.91 Å². The summed E-state index contributed by atoms with van der Waals surface area (Å²) in [4.78, 5) is 11.3. The average Bonchev–Trinajstić information content (AvgIpc) is 2.00. The lowest BCUT2D eigenvalue weighted by molar-refractivity contribution is -0.124. The SMILES string of the molecule is CCCC(C)C(=O)NCC(C)C.[HH]. The smallest absolute Gasteiger partial charge is 0.222 e. The van der Waals surface area contributed by atoms with Crippen molar-refractivity contribution in [3.8, 4) is 0 Å². The topological polar surface area (TPSA) is 29.1 Å². The summed E-state index contributed by atoms with van der Waals surface area (Å²) in [6.07, 6.45) is 2.07. The van der Waals surface area contributed by atoms with E-state index in [1.54, 1.807) is 0 Å². The molecule has 0 saturated carbocycles. The van der Waals surface area contributed by atoms with E-state index in [2.05, 4.69) is 26.1 Å². The highest BCUT2D eigenvalue weighted by molar-refractivity contribution is 5.78. The van der Waals surface area contributed by atoms with Gasteiger partial charge >= 0.3 is 0 Å². The molecular weight excluding hydrogens is 150 g/mol. The number of hydrogen-bond donors (Lipinski definition) is 1. The molecule has 74 valence electrons. The number of carbonyl (C=O) groups excluding carboxylic acids is 1. The third-order valence-electron chi connectivity index (χ3n) is 1.85. The van der Waals surface area contributed by atoms with Crippen molar-refractivity contribution in [3.05, 3.63) is 0 Å². The Kier molecular flexibility index (Phi) is 5.77. The fourth-order valence-electron chi connectivity index (χ4n) is 1.04. The summed E-state index contributed by atoms with van der Waals surface area (Å²) >= 11 is 0. The molecule has 0 fully saturated rings. The van der Waals surface area contributed by atoms with Gasteiger partial charge in [-0.25, -0.2) is 0 Å². The van der Waals surface area contributed by atoms with Crippen molar-refractivity contribution in [2.75, 3.05) is 6.54 Å². The molecule has 2 heteroatoms. The Balaban J connectivity index is 0. The van der Waals surface area contributed by atoms with Gasteiger partial charge in [0, 0.05) is 13.9 Å². The second kappa shape index (κ2) is 6.04. The summed E-state index contributed by atoms with van der Waals surface area (Å²) in [5.41, 5.74) is 0. The first-order chi connectivity index (χ1) is 5.57. The number of amides is 1. The third kappa shape index (κ3) is 5.16. The van der Waals surface area contributed by atoms with E-state index in [1.807, 2.05) is 6.92 Å². The summed E-state index contributed by atoms with van der Waals surface area (Å²) in [5, 5.41) is 2.93. The van der Waals surface area contributed by atoms with E-state index in [4.69, 9.17) is 0 Å². The van der Waals surface area contributed by atoms with Crippen LogP contribution in [0.1, 0.15) is 42.0 Å². The van der Waals surface area contributed by atoms with Crippen LogP contribution in [0.25, 0.3) is 0 Å². The molecule has 0 radical (unpaired) electrons. The monoisotopic (exact) mass is 173 g/mol. The fourth-order valence-corrected chi connectivity index (χ4v) is 1.04. The Labute approximate surface area is 77.2 Å². The van der Waals surface area contributed by atoms with Crippen molar-refractivity contribution in [1.82, 2.24) is 5.32 Å². The van der Waals surface area contributed by atoms with Crippen LogP contribution < -0.4 is 5.32 Å². The molecule has 0 aromatic rings. The zero-order valence-electron chi connectivity index (χ0n) is 8.68. The van der Waals surface area contributed by atoms with Crippen molar-refractivity contribution in [1.29, 1.82) is 0 Å². The lowest BCUT2D eigenvalue weighted by Crippen LogP contribution is -2.31. The van der Waals surface area contributed by atoms with Gasteiger partial charge in [-0.3, -0.25) is 4.79 Å². The van der Waals surface area contributed by atoms with Crippen LogP contribution in [0.2, 0.25) is 0 Å². The second-order valence-corrected chi connectivity index (χ2v) is 3.83. The Hall–Kier alpha value is -0.530. The van der Waals surface area contributed by atoms with E-state index in [9.17, 15) is 4.79 Å². The molecule has 1 amide bonds. The van der Waals surface area contributed by atoms with Crippen LogP contribution in [-0.4, -0.2) is 12.5 Å². The Bertz CT molecular complexity index is 137. The van der Waals surface area contributed by atoms with Crippen molar-refractivity contribution in [3.63, 3.8) is 0 Å². The fraction of sp³-hybridized carbons (Fsp3) is 0.900. The summed E-state index contributed by atoms with van der Waals surface area (Å²) in [6.45, 7) is 9.09. The van der Waals surface area contributed by atoms with Crippen LogP contribution in [0.3, 0.4) is 0 Å². The second-order valence-electron chi connectivity index (χ2n) is 3.83. The molecule has 2 nitrogen and oxygen atoms in total. The normalized spacial score (nSPS) is 13.1. The minimum absolute atomic E-state index is 0. The van der Waals surface area contributed by atoms with Crippen LogP contribution >= 0.6 is 0 Å². The van der Waals surface area contributed by atoms with Gasteiger partial charge in [-0.1, -0.05) is 34.1 Å². The maximum Gasteiger partial charge on any atom is 0.222 e. The quantitative estimate of drug-likeness (QED) is 0.679. The molecule has 1 atom stereocenters. The van der Waals surface area contributed by atoms with E-state index in [-0.39, 0.29) is 13.3 Å². The first-order valence-corrected chi connectivity index (χ1v) is 4.85. The molecule has 0 heterocycles. The predicted octanol–water partition coefficient (Wildman–Crippen LogP) is 2.44. The van der Waals surface area contributed by atoms with E-state index in [0.29, 0.717) is 5.92 Å². The molecule has 0 rings (SSSR count). The molecule has 0 bridgehead atoms. The standard InChI is InChI=1S/C10H21NO.H2/c1-5-6-9(4)10(12)11-7-8(2)3;/h8-9H,5-7H2,1-4H3,(H,11,12);1H. The summed E-state index contributed by atoms with van der Waals surface area (Å²) in [6, 6.07) is 0. The van der Waals surface area contributed by atoms with Crippen molar-refractivity contribution >= 4 is 5.91 Å². The van der Waals surface area contributed by atoms with Gasteiger partial charge in [-0.05, 0) is 12.3 Å². The van der Waals surface area contributed by atoms with Crippen LogP contribution in [0.15, 0.2) is 0 Å². The molecule has 1 N–H and O–H groups in total. The van der Waals surface area contributed by atoms with Gasteiger partial charge < -0.3 is 5.32 Å². The molecule has 0 aliphatic carbocycles. The number of rotatable bonds is 5. The zero-order chi connectivity index (χ0) is 9.56. The first kappa shape index (κ1) is 11.5. The maximum atomic E-state index is 11.3. The molecule has 0 aromatic carbocycles. The number of hydrogen-bond acceptors (Lipinski definition) is 1. The predicted molar refractivity (Wildman–Crippen MR) is 54.0 cm³/mol. The summed E-state index contributed by atoms with van der Waals surface area (Å²) in [5.74, 6) is 0.919. The minimum atomic E-state index is 0. The zero-order valence-corrected chi connectivity index (χ0v) is 8.68. The van der Waals surface area contributed by atoms with Gasteiger partial charge in [0.25, 0.3) is 0 Å². The van der Waals surface area contributed by atoms with Gasteiger partial charge in [0.1, 0.15) is 0 Å². The van der Waals surface area contributed by atoms with E-state index < -0.39 is 0 Å². The Morgan fingerprint density at radius 3 is 2.42 bits per heavy atom. The number of nitrogens with one attached hydrogen (secondary N) is 1. The van der Waals surface area contributed by atoms with Gasteiger partial charge in [0.15, 0.2) is 0 Å². The maximum absolute atomic E-state index is 11.3. The Morgan fingerprint density at radius 1 is 1.42 bits per heavy atom. The highest BCUT2D eigenvalue weighted by Gasteiger charge is 2.10. The van der Waals surface area contributed by atoms with Crippen molar-refractivity contribution in [2.45, 2.75) is 40.5 Å². The summed E-state index contributed by atoms with van der Waals surface area (Å²) < 4.78 is 0. The lowest BCUT2D eigenvalue weighted by Gasteiger charge is -2.12. The molecule has 0 aliphatic rings. The van der Waals surface area contributed by atoms with Crippen LogP contribution in [0.5, 0.6) is 0 Å². The molecule has 0 aromatic heterocycles. The van der Waals surface area contributed by atoms with Crippen LogP contribution in [0, 0.1) is 11.8 Å². The van der Waals surface area contributed by atoms with E-state index in [1.165, 1.54) is 0 Å². The molecule has 0 spiro atoms. The minimum Gasteiger partial charge on any atom is -0.356 e. The summed E-state index contributed by atoms with van der Waals surface area (Å²) in [7, 11) is 0. The van der Waals surface area contributed by atoms with Crippen molar-refractivity contribution < 1.29 is 6.22 Å². The van der Waals surface area contributed by atoms with Gasteiger partial charge in [-0.15, -0.1) is 0 Å². The molecule has 0 aliphatic heterocycles.